The van der Waals surface area contributed by atoms with Gasteiger partial charge >= 0.3 is 0 Å². The zero-order valence-electron chi connectivity index (χ0n) is 7.10. The number of hydrogen-bond acceptors (Lipinski definition) is 4. The average Bonchev–Trinajstić information content (AvgIpc) is 2.50. The predicted octanol–water partition coefficient (Wildman–Crippen LogP) is -0.853. The van der Waals surface area contributed by atoms with E-state index in [0.717, 1.165) is 0 Å². The summed E-state index contributed by atoms with van der Waals surface area (Å²) in [7, 11) is 0. The van der Waals surface area contributed by atoms with Crippen LogP contribution in [0.1, 0.15) is 11.7 Å². The maximum Gasteiger partial charge on any atom is 0.251 e. The summed E-state index contributed by atoms with van der Waals surface area (Å²) < 4.78 is 1.49. The molecule has 1 N–H and O–H groups in total. The minimum atomic E-state index is -1.00. The molecular weight excluding hydrogens is 184 g/mol. The Morgan fingerprint density at radius 1 is 1.64 bits per heavy atom. The third kappa shape index (κ3) is 1.15. The number of fused-ring (bicyclic) bond motifs is 1. The topological polar surface area (TPSA) is 87.8 Å². The Morgan fingerprint density at radius 3 is 3.14 bits per heavy atom. The summed E-state index contributed by atoms with van der Waals surface area (Å²) in [6.45, 7) is 0.0270. The fourth-order valence-corrected chi connectivity index (χ4v) is 1.35. The van der Waals surface area contributed by atoms with Crippen molar-refractivity contribution in [1.29, 1.82) is 5.26 Å². The van der Waals surface area contributed by atoms with Crippen LogP contribution in [0.15, 0.2) is 12.4 Å². The molecule has 6 heteroatoms. The number of nitrogens with one attached hydrogen (secondary N) is 1. The van der Waals surface area contributed by atoms with Crippen molar-refractivity contribution < 1.29 is 9.59 Å². The van der Waals surface area contributed by atoms with Gasteiger partial charge < -0.3 is 4.57 Å². The van der Waals surface area contributed by atoms with Crippen LogP contribution in [-0.4, -0.2) is 21.4 Å². The van der Waals surface area contributed by atoms with Crippen molar-refractivity contribution >= 4 is 11.8 Å². The van der Waals surface area contributed by atoms with Crippen molar-refractivity contribution in [2.75, 3.05) is 0 Å². The normalized spacial score (nSPS) is 20.6. The molecule has 1 aliphatic rings. The Bertz CT molecular complexity index is 442. The molecule has 0 saturated carbocycles. The third-order valence-electron chi connectivity index (χ3n) is 1.97. The molecule has 1 aliphatic heterocycles. The molecule has 1 atom stereocenters. The Labute approximate surface area is 79.2 Å². The number of amides is 2. The van der Waals surface area contributed by atoms with Crippen molar-refractivity contribution in [3.63, 3.8) is 0 Å². The van der Waals surface area contributed by atoms with Gasteiger partial charge in [0.2, 0.25) is 5.91 Å². The molecule has 2 amide bonds. The number of nitriles is 1. The van der Waals surface area contributed by atoms with Crippen LogP contribution in [0.3, 0.4) is 0 Å². The van der Waals surface area contributed by atoms with Crippen LogP contribution in [0.4, 0.5) is 0 Å². The van der Waals surface area contributed by atoms with E-state index in [9.17, 15) is 9.59 Å². The molecule has 1 aromatic rings. The molecule has 6 nitrogen and oxygen atoms in total. The summed E-state index contributed by atoms with van der Waals surface area (Å²) in [5.74, 6) is -1.72. The van der Waals surface area contributed by atoms with E-state index in [0.29, 0.717) is 5.82 Å². The number of aromatic nitrogens is 2. The molecular formula is C8H6N4O2. The number of imide groups is 1. The summed E-state index contributed by atoms with van der Waals surface area (Å²) in [6, 6.07) is 1.81. The molecule has 0 radical (unpaired) electrons. The Kier molecular flexibility index (Phi) is 1.78. The van der Waals surface area contributed by atoms with E-state index < -0.39 is 17.7 Å². The lowest BCUT2D eigenvalue weighted by Crippen LogP contribution is -2.32. The Balaban J connectivity index is 2.52. The van der Waals surface area contributed by atoms with Gasteiger partial charge in [0.25, 0.3) is 5.91 Å². The molecule has 0 fully saturated rings. The maximum absolute atomic E-state index is 11.3. The quantitative estimate of drug-likeness (QED) is 0.539. The molecule has 14 heavy (non-hydrogen) atoms. The molecule has 0 spiro atoms. The number of hydrogen-bond donors (Lipinski definition) is 1. The smallest absolute Gasteiger partial charge is 0.251 e. The second kappa shape index (κ2) is 2.96. The second-order valence-corrected chi connectivity index (χ2v) is 2.89. The predicted molar refractivity (Wildman–Crippen MR) is 43.7 cm³/mol. The first kappa shape index (κ1) is 8.44. The lowest BCUT2D eigenvalue weighted by Gasteiger charge is -2.02. The molecule has 0 aromatic carbocycles. The molecule has 2 heterocycles. The lowest BCUT2D eigenvalue weighted by atomic mass is 10.1. The van der Waals surface area contributed by atoms with Gasteiger partial charge in [0.05, 0.1) is 6.07 Å². The number of carbonyl (C=O) groups excluding carboxylic acids is 2. The maximum atomic E-state index is 11.3. The number of imidazole rings is 1. The Hall–Kier alpha value is -2.16. The Morgan fingerprint density at radius 2 is 2.43 bits per heavy atom. The molecule has 1 unspecified atom stereocenters. The van der Waals surface area contributed by atoms with E-state index in [1.165, 1.54) is 10.8 Å². The molecule has 70 valence electrons. The summed E-state index contributed by atoms with van der Waals surface area (Å²) in [4.78, 5) is 26.3. The van der Waals surface area contributed by atoms with Crippen molar-refractivity contribution in [2.45, 2.75) is 12.5 Å². The summed E-state index contributed by atoms with van der Waals surface area (Å²) in [5.41, 5.74) is 0. The van der Waals surface area contributed by atoms with Crippen molar-refractivity contribution in [1.82, 2.24) is 14.9 Å². The minimum absolute atomic E-state index is 0.0270. The van der Waals surface area contributed by atoms with Gasteiger partial charge in [-0.15, -0.1) is 0 Å². The summed E-state index contributed by atoms with van der Waals surface area (Å²) >= 11 is 0. The fraction of sp³-hybridized carbons (Fsp3) is 0.250. The second-order valence-electron chi connectivity index (χ2n) is 2.89. The standard InChI is InChI=1S/C8H6N4O2/c9-3-5-7-10-1-2-12(7)4-6(13)11-8(5)14/h1-2,5H,4H2,(H,11,13,14). The summed E-state index contributed by atoms with van der Waals surface area (Å²) in [6.07, 6.45) is 3.03. The van der Waals surface area contributed by atoms with E-state index in [1.807, 2.05) is 6.07 Å². The SMILES string of the molecule is N#CC1C(=O)NC(=O)Cn2ccnc21. The first-order chi connectivity index (χ1) is 6.72. The van der Waals surface area contributed by atoms with E-state index >= 15 is 0 Å². The van der Waals surface area contributed by atoms with Gasteiger partial charge in [-0.3, -0.25) is 14.9 Å². The third-order valence-corrected chi connectivity index (χ3v) is 1.97. The van der Waals surface area contributed by atoms with Crippen LogP contribution in [0.2, 0.25) is 0 Å². The van der Waals surface area contributed by atoms with E-state index in [2.05, 4.69) is 10.3 Å². The molecule has 2 rings (SSSR count). The molecule has 0 bridgehead atoms. The molecule has 0 saturated heterocycles. The van der Waals surface area contributed by atoms with E-state index in [1.54, 1.807) is 6.20 Å². The number of nitrogens with zero attached hydrogens (tertiary/aromatic N) is 3. The zero-order valence-corrected chi connectivity index (χ0v) is 7.10. The first-order valence-electron chi connectivity index (χ1n) is 3.96. The lowest BCUT2D eigenvalue weighted by molar-refractivity contribution is -0.130. The van der Waals surface area contributed by atoms with E-state index in [-0.39, 0.29) is 6.54 Å². The van der Waals surface area contributed by atoms with Crippen LogP contribution in [-0.2, 0) is 16.1 Å². The van der Waals surface area contributed by atoms with Crippen LogP contribution in [0.25, 0.3) is 0 Å². The van der Waals surface area contributed by atoms with Gasteiger partial charge in [-0.2, -0.15) is 5.26 Å². The van der Waals surface area contributed by atoms with Crippen molar-refractivity contribution in [3.05, 3.63) is 18.2 Å². The largest absolute Gasteiger partial charge is 0.324 e. The van der Waals surface area contributed by atoms with E-state index in [4.69, 9.17) is 5.26 Å². The average molecular weight is 190 g/mol. The van der Waals surface area contributed by atoms with Crippen LogP contribution in [0, 0.1) is 11.3 Å². The van der Waals surface area contributed by atoms with Crippen molar-refractivity contribution in [3.8, 4) is 6.07 Å². The molecule has 0 aliphatic carbocycles. The van der Waals surface area contributed by atoms with Gasteiger partial charge in [0, 0.05) is 12.4 Å². The highest BCUT2D eigenvalue weighted by molar-refractivity contribution is 6.00. The fourth-order valence-electron chi connectivity index (χ4n) is 1.35. The number of carbonyl (C=O) groups is 2. The van der Waals surface area contributed by atoms with Gasteiger partial charge in [-0.05, 0) is 0 Å². The number of rotatable bonds is 0. The van der Waals surface area contributed by atoms with Gasteiger partial charge in [-0.1, -0.05) is 0 Å². The van der Waals surface area contributed by atoms with Gasteiger partial charge in [-0.25, -0.2) is 4.98 Å². The van der Waals surface area contributed by atoms with Gasteiger partial charge in [0.15, 0.2) is 5.92 Å². The highest BCUT2D eigenvalue weighted by Crippen LogP contribution is 2.15. The van der Waals surface area contributed by atoms with Crippen LogP contribution < -0.4 is 5.32 Å². The monoisotopic (exact) mass is 190 g/mol. The van der Waals surface area contributed by atoms with Crippen molar-refractivity contribution in [2.24, 2.45) is 0 Å². The highest BCUT2D eigenvalue weighted by atomic mass is 16.2. The highest BCUT2D eigenvalue weighted by Gasteiger charge is 2.29. The van der Waals surface area contributed by atoms with Crippen LogP contribution >= 0.6 is 0 Å². The summed E-state index contributed by atoms with van der Waals surface area (Å²) in [5, 5.41) is 10.9. The van der Waals surface area contributed by atoms with Crippen LogP contribution in [0.5, 0.6) is 0 Å². The zero-order chi connectivity index (χ0) is 10.1. The molecule has 1 aromatic heterocycles. The minimum Gasteiger partial charge on any atom is -0.324 e. The van der Waals surface area contributed by atoms with Gasteiger partial charge in [0.1, 0.15) is 12.4 Å². The first-order valence-corrected chi connectivity index (χ1v) is 3.96.